The summed E-state index contributed by atoms with van der Waals surface area (Å²) in [4.78, 5) is 12.7. The van der Waals surface area contributed by atoms with E-state index in [2.05, 4.69) is 6.58 Å². The van der Waals surface area contributed by atoms with E-state index in [0.29, 0.717) is 26.4 Å². The number of carbonyl (C=O) groups excluding carboxylic acids is 1. The number of likely N-dealkylation sites (N-methyl/N-ethyl adjacent to an activating group) is 1. The molecule has 1 atom stereocenters. The van der Waals surface area contributed by atoms with E-state index in [1.165, 1.54) is 6.08 Å². The maximum atomic E-state index is 11.1. The number of hydrogen-bond acceptors (Lipinski definition) is 3. The average Bonchev–Trinajstić information content (AvgIpc) is 2.18. The normalized spacial score (nSPS) is 22.4. The molecule has 0 spiro atoms. The Morgan fingerprint density at radius 3 is 3.00 bits per heavy atom. The van der Waals surface area contributed by atoms with Crippen molar-refractivity contribution in [1.29, 1.82) is 0 Å². The Morgan fingerprint density at radius 1 is 1.69 bits per heavy atom. The monoisotopic (exact) mass is 185 g/mol. The van der Waals surface area contributed by atoms with Crippen LogP contribution in [0.5, 0.6) is 0 Å². The van der Waals surface area contributed by atoms with E-state index in [4.69, 9.17) is 9.47 Å². The first kappa shape index (κ1) is 10.2. The Balaban J connectivity index is 2.29. The largest absolute Gasteiger partial charge is 0.376 e. The van der Waals surface area contributed by atoms with Gasteiger partial charge in [-0.2, -0.15) is 0 Å². The van der Waals surface area contributed by atoms with Gasteiger partial charge in [0, 0.05) is 13.6 Å². The Morgan fingerprint density at radius 2 is 2.46 bits per heavy atom. The van der Waals surface area contributed by atoms with Crippen molar-refractivity contribution in [2.24, 2.45) is 0 Å². The molecule has 0 bridgehead atoms. The zero-order chi connectivity index (χ0) is 9.68. The van der Waals surface area contributed by atoms with Crippen molar-refractivity contribution in [3.8, 4) is 0 Å². The fourth-order valence-electron chi connectivity index (χ4n) is 1.19. The summed E-state index contributed by atoms with van der Waals surface area (Å²) in [7, 11) is 1.72. The van der Waals surface area contributed by atoms with E-state index in [-0.39, 0.29) is 12.0 Å². The summed E-state index contributed by atoms with van der Waals surface area (Å²) < 4.78 is 10.6. The average molecular weight is 185 g/mol. The van der Waals surface area contributed by atoms with Gasteiger partial charge in [-0.3, -0.25) is 4.79 Å². The minimum atomic E-state index is -0.0887. The van der Waals surface area contributed by atoms with Crippen molar-refractivity contribution in [1.82, 2.24) is 4.90 Å². The van der Waals surface area contributed by atoms with Crippen LogP contribution in [0.2, 0.25) is 0 Å². The molecule has 13 heavy (non-hydrogen) atoms. The summed E-state index contributed by atoms with van der Waals surface area (Å²) in [5.74, 6) is -0.0887. The maximum absolute atomic E-state index is 11.1. The van der Waals surface area contributed by atoms with E-state index < -0.39 is 0 Å². The Labute approximate surface area is 78.1 Å². The van der Waals surface area contributed by atoms with Gasteiger partial charge in [0.05, 0.1) is 25.9 Å². The first-order valence-corrected chi connectivity index (χ1v) is 4.31. The Kier molecular flexibility index (Phi) is 3.92. The number of hydrogen-bond donors (Lipinski definition) is 0. The van der Waals surface area contributed by atoms with Crippen LogP contribution < -0.4 is 0 Å². The van der Waals surface area contributed by atoms with Crippen LogP contribution in [0, 0.1) is 0 Å². The molecule has 0 aromatic carbocycles. The van der Waals surface area contributed by atoms with E-state index in [0.717, 1.165) is 0 Å². The second-order valence-corrected chi connectivity index (χ2v) is 2.99. The quantitative estimate of drug-likeness (QED) is 0.583. The van der Waals surface area contributed by atoms with Crippen LogP contribution in [0.25, 0.3) is 0 Å². The third-order valence-corrected chi connectivity index (χ3v) is 1.91. The summed E-state index contributed by atoms with van der Waals surface area (Å²) in [6.07, 6.45) is 1.30. The molecule has 0 N–H and O–H groups in total. The van der Waals surface area contributed by atoms with Crippen molar-refractivity contribution in [3.05, 3.63) is 12.7 Å². The summed E-state index contributed by atoms with van der Waals surface area (Å²) in [5, 5.41) is 0. The summed E-state index contributed by atoms with van der Waals surface area (Å²) in [5.41, 5.74) is 0. The van der Waals surface area contributed by atoms with Gasteiger partial charge < -0.3 is 14.4 Å². The van der Waals surface area contributed by atoms with Crippen LogP contribution in [0.3, 0.4) is 0 Å². The third kappa shape index (κ3) is 3.16. The molecule has 0 aromatic heterocycles. The van der Waals surface area contributed by atoms with Crippen LogP contribution in [0.15, 0.2) is 12.7 Å². The fourth-order valence-corrected chi connectivity index (χ4v) is 1.19. The van der Waals surface area contributed by atoms with Crippen LogP contribution in [-0.4, -0.2) is 50.3 Å². The molecular weight excluding hydrogens is 170 g/mol. The van der Waals surface area contributed by atoms with Crippen LogP contribution in [0.1, 0.15) is 0 Å². The molecule has 1 heterocycles. The van der Waals surface area contributed by atoms with Crippen LogP contribution in [0.4, 0.5) is 0 Å². The summed E-state index contributed by atoms with van der Waals surface area (Å²) >= 11 is 0. The SMILES string of the molecule is C=CC(=O)N(C)CC1COCCO1. The predicted octanol–water partition coefficient (Wildman–Crippen LogP) is 0.0462. The zero-order valence-electron chi connectivity index (χ0n) is 7.86. The lowest BCUT2D eigenvalue weighted by Crippen LogP contribution is -2.40. The maximum Gasteiger partial charge on any atom is 0.245 e. The molecule has 1 aliphatic rings. The smallest absolute Gasteiger partial charge is 0.245 e. The van der Waals surface area contributed by atoms with Crippen molar-refractivity contribution >= 4 is 5.91 Å². The molecule has 0 radical (unpaired) electrons. The Bertz CT molecular complexity index is 187. The van der Waals surface area contributed by atoms with Crippen LogP contribution >= 0.6 is 0 Å². The van der Waals surface area contributed by atoms with Crippen molar-refractivity contribution in [2.75, 3.05) is 33.4 Å². The molecule has 74 valence electrons. The van der Waals surface area contributed by atoms with E-state index in [9.17, 15) is 4.79 Å². The van der Waals surface area contributed by atoms with Crippen molar-refractivity contribution in [2.45, 2.75) is 6.10 Å². The lowest BCUT2D eigenvalue weighted by Gasteiger charge is -2.26. The molecule has 1 aliphatic heterocycles. The Hall–Kier alpha value is -0.870. The molecule has 1 unspecified atom stereocenters. The van der Waals surface area contributed by atoms with Crippen molar-refractivity contribution in [3.63, 3.8) is 0 Å². The van der Waals surface area contributed by atoms with Gasteiger partial charge in [0.15, 0.2) is 0 Å². The highest BCUT2D eigenvalue weighted by Gasteiger charge is 2.17. The molecule has 1 amide bonds. The highest BCUT2D eigenvalue weighted by atomic mass is 16.6. The van der Waals surface area contributed by atoms with Gasteiger partial charge in [0.2, 0.25) is 5.91 Å². The third-order valence-electron chi connectivity index (χ3n) is 1.91. The minimum absolute atomic E-state index is 0.00245. The molecule has 0 saturated carbocycles. The first-order valence-electron chi connectivity index (χ1n) is 4.31. The van der Waals surface area contributed by atoms with Crippen LogP contribution in [-0.2, 0) is 14.3 Å². The number of nitrogens with zero attached hydrogens (tertiary/aromatic N) is 1. The van der Waals surface area contributed by atoms with Gasteiger partial charge in [0.25, 0.3) is 0 Å². The minimum Gasteiger partial charge on any atom is -0.376 e. The standard InChI is InChI=1S/C9H15NO3/c1-3-9(11)10(2)6-8-7-12-4-5-13-8/h3,8H,1,4-7H2,2H3. The highest BCUT2D eigenvalue weighted by Crippen LogP contribution is 2.02. The highest BCUT2D eigenvalue weighted by molar-refractivity contribution is 5.86. The number of carbonyl (C=O) groups is 1. The van der Waals surface area contributed by atoms with Gasteiger partial charge >= 0.3 is 0 Å². The molecular formula is C9H15NO3. The molecule has 4 heteroatoms. The van der Waals surface area contributed by atoms with Gasteiger partial charge in [-0.1, -0.05) is 6.58 Å². The number of amides is 1. The first-order chi connectivity index (χ1) is 6.24. The van der Waals surface area contributed by atoms with E-state index >= 15 is 0 Å². The molecule has 1 rings (SSSR count). The summed E-state index contributed by atoms with van der Waals surface area (Å²) in [6.45, 7) is 5.80. The molecule has 1 fully saturated rings. The summed E-state index contributed by atoms with van der Waals surface area (Å²) in [6, 6.07) is 0. The lowest BCUT2D eigenvalue weighted by molar-refractivity contribution is -0.131. The molecule has 1 saturated heterocycles. The van der Waals surface area contributed by atoms with E-state index in [1.807, 2.05) is 0 Å². The predicted molar refractivity (Wildman–Crippen MR) is 48.4 cm³/mol. The van der Waals surface area contributed by atoms with Gasteiger partial charge in [-0.15, -0.1) is 0 Å². The van der Waals surface area contributed by atoms with Gasteiger partial charge in [-0.05, 0) is 6.08 Å². The zero-order valence-corrected chi connectivity index (χ0v) is 7.86. The second kappa shape index (κ2) is 4.99. The topological polar surface area (TPSA) is 38.8 Å². The second-order valence-electron chi connectivity index (χ2n) is 2.99. The van der Waals surface area contributed by atoms with Gasteiger partial charge in [-0.25, -0.2) is 0 Å². The van der Waals surface area contributed by atoms with Crippen molar-refractivity contribution < 1.29 is 14.3 Å². The number of rotatable bonds is 3. The molecule has 0 aliphatic carbocycles. The van der Waals surface area contributed by atoms with E-state index in [1.54, 1.807) is 11.9 Å². The number of ether oxygens (including phenoxy) is 2. The molecule has 4 nitrogen and oxygen atoms in total. The molecule has 0 aromatic rings. The van der Waals surface area contributed by atoms with Gasteiger partial charge in [0.1, 0.15) is 0 Å². The lowest BCUT2D eigenvalue weighted by atomic mass is 10.3. The fraction of sp³-hybridized carbons (Fsp3) is 0.667.